The number of alkyl halides is 3. The van der Waals surface area contributed by atoms with Crippen LogP contribution in [0.4, 0.5) is 23.4 Å². The van der Waals surface area contributed by atoms with Crippen molar-refractivity contribution in [3.63, 3.8) is 0 Å². The van der Waals surface area contributed by atoms with Crippen molar-refractivity contribution in [3.05, 3.63) is 57.6 Å². The van der Waals surface area contributed by atoms with Gasteiger partial charge in [0.15, 0.2) is 5.78 Å². The fraction of sp³-hybridized carbons (Fsp3) is 0.531. The fourth-order valence-corrected chi connectivity index (χ4v) is 6.96. The molecule has 0 bridgehead atoms. The van der Waals surface area contributed by atoms with Gasteiger partial charge in [-0.2, -0.15) is 13.2 Å². The van der Waals surface area contributed by atoms with Crippen LogP contribution in [0.3, 0.4) is 0 Å². The number of hydrogen-bond donors (Lipinski definition) is 0. The Morgan fingerprint density at radius 1 is 1.07 bits per heavy atom. The highest BCUT2D eigenvalue weighted by molar-refractivity contribution is 7.12. The molecule has 0 spiro atoms. The van der Waals surface area contributed by atoms with E-state index in [-0.39, 0.29) is 35.1 Å². The van der Waals surface area contributed by atoms with E-state index in [0.29, 0.717) is 47.4 Å². The number of ether oxygens (including phenoxy) is 1. The first-order valence-corrected chi connectivity index (χ1v) is 16.4. The van der Waals surface area contributed by atoms with E-state index < -0.39 is 17.6 Å². The van der Waals surface area contributed by atoms with Gasteiger partial charge in [0.1, 0.15) is 22.3 Å². The summed E-state index contributed by atoms with van der Waals surface area (Å²) in [5, 5.41) is 0.421. The van der Waals surface area contributed by atoms with Crippen molar-refractivity contribution in [1.82, 2.24) is 24.8 Å². The lowest BCUT2D eigenvalue weighted by atomic mass is 10.1. The monoisotopic (exact) mass is 662 g/mol. The van der Waals surface area contributed by atoms with E-state index in [2.05, 4.69) is 36.6 Å². The average Bonchev–Trinajstić information content (AvgIpc) is 3.62. The Morgan fingerprint density at radius 2 is 1.85 bits per heavy atom. The number of ketones is 1. The van der Waals surface area contributed by atoms with Crippen LogP contribution in [0, 0.1) is 5.82 Å². The Bertz CT molecular complexity index is 1510. The number of anilines is 1. The SMILES string of the molecule is CCOC(=O)CCCN1CCN(c2cnc(C(=O)Cc3nc(-c4cc(F)cc(C(F)(F)F)c4)c(CN4CCC[C@H]4C)s3)cn2)CC1. The van der Waals surface area contributed by atoms with Crippen LogP contribution in [0.15, 0.2) is 30.6 Å². The molecule has 2 fully saturated rings. The number of hydrogen-bond acceptors (Lipinski definition) is 10. The molecule has 1 atom stereocenters. The standard InChI is InChI=1S/C32H38F4N6O3S/c1-3-45-30(44)7-5-8-40-10-12-41(13-11-40)28-19-37-25(18-38-28)26(43)17-29-39-31(27(46-29)20-42-9-4-6-21(42)2)22-14-23(32(34,35)36)16-24(33)15-22/h14-16,18-19,21H,3-13,17,20H2,1-2H3/t21-/m1/s1. The third-order valence-electron chi connectivity index (χ3n) is 8.37. The summed E-state index contributed by atoms with van der Waals surface area (Å²) in [6, 6.07) is 2.74. The number of Topliss-reactive ketones (excluding diaryl/α,β-unsaturated/α-hetero) is 1. The maximum atomic E-state index is 14.3. The summed E-state index contributed by atoms with van der Waals surface area (Å²) in [7, 11) is 0. The smallest absolute Gasteiger partial charge is 0.416 e. The summed E-state index contributed by atoms with van der Waals surface area (Å²) in [5.41, 5.74) is -0.622. The van der Waals surface area contributed by atoms with E-state index >= 15 is 0 Å². The van der Waals surface area contributed by atoms with Gasteiger partial charge in [0.25, 0.3) is 0 Å². The molecule has 4 heterocycles. The van der Waals surface area contributed by atoms with Crippen LogP contribution < -0.4 is 4.90 Å². The van der Waals surface area contributed by atoms with E-state index in [1.165, 1.54) is 17.5 Å². The summed E-state index contributed by atoms with van der Waals surface area (Å²) in [5.74, 6) is -0.832. The van der Waals surface area contributed by atoms with E-state index in [9.17, 15) is 27.2 Å². The third-order valence-corrected chi connectivity index (χ3v) is 9.41. The number of likely N-dealkylation sites (tertiary alicyclic amines) is 1. The summed E-state index contributed by atoms with van der Waals surface area (Å²) < 4.78 is 59.8. The van der Waals surface area contributed by atoms with E-state index in [1.54, 1.807) is 13.1 Å². The Kier molecular flexibility index (Phi) is 11.0. The molecule has 3 aromatic rings. The van der Waals surface area contributed by atoms with Gasteiger partial charge < -0.3 is 9.64 Å². The Hall–Kier alpha value is -3.49. The zero-order valence-electron chi connectivity index (χ0n) is 26.0. The van der Waals surface area contributed by atoms with Crippen LogP contribution in [-0.4, -0.2) is 88.4 Å². The summed E-state index contributed by atoms with van der Waals surface area (Å²) >= 11 is 1.26. The van der Waals surface area contributed by atoms with Gasteiger partial charge in [0, 0.05) is 55.6 Å². The predicted molar refractivity (Wildman–Crippen MR) is 166 cm³/mol. The van der Waals surface area contributed by atoms with Crippen LogP contribution in [0.1, 0.15) is 65.5 Å². The number of thiazole rings is 1. The van der Waals surface area contributed by atoms with Crippen molar-refractivity contribution in [2.45, 2.75) is 64.7 Å². The van der Waals surface area contributed by atoms with Gasteiger partial charge in [-0.15, -0.1) is 11.3 Å². The maximum Gasteiger partial charge on any atom is 0.416 e. The largest absolute Gasteiger partial charge is 0.466 e. The molecule has 0 amide bonds. The van der Waals surface area contributed by atoms with Crippen molar-refractivity contribution < 1.29 is 31.9 Å². The van der Waals surface area contributed by atoms with Crippen molar-refractivity contribution in [2.24, 2.45) is 0 Å². The second-order valence-corrected chi connectivity index (χ2v) is 12.8. The van der Waals surface area contributed by atoms with E-state index in [0.717, 1.165) is 70.7 Å². The van der Waals surface area contributed by atoms with Crippen molar-refractivity contribution in [2.75, 3.05) is 50.8 Å². The molecule has 0 aliphatic carbocycles. The molecule has 2 aromatic heterocycles. The number of esters is 1. The minimum atomic E-state index is -4.71. The summed E-state index contributed by atoms with van der Waals surface area (Å²) in [6.45, 7) is 9.48. The highest BCUT2D eigenvalue weighted by atomic mass is 32.1. The van der Waals surface area contributed by atoms with E-state index in [1.807, 2.05) is 0 Å². The number of benzene rings is 1. The van der Waals surface area contributed by atoms with E-state index in [4.69, 9.17) is 4.74 Å². The molecular weight excluding hydrogens is 624 g/mol. The first kappa shape index (κ1) is 33.9. The van der Waals surface area contributed by atoms with Crippen LogP contribution >= 0.6 is 11.3 Å². The maximum absolute atomic E-state index is 14.3. The van der Waals surface area contributed by atoms with Crippen LogP contribution in [0.2, 0.25) is 0 Å². The Morgan fingerprint density at radius 3 is 2.50 bits per heavy atom. The molecular formula is C32H38F4N6O3S. The average molecular weight is 663 g/mol. The zero-order chi connectivity index (χ0) is 32.8. The molecule has 46 heavy (non-hydrogen) atoms. The molecule has 2 aliphatic rings. The Labute approximate surface area is 269 Å². The van der Waals surface area contributed by atoms with Gasteiger partial charge in [0.2, 0.25) is 0 Å². The summed E-state index contributed by atoms with van der Waals surface area (Å²) in [6.07, 6.45) is 1.37. The molecule has 1 aromatic carbocycles. The van der Waals surface area contributed by atoms with Gasteiger partial charge in [-0.05, 0) is 64.4 Å². The zero-order valence-corrected chi connectivity index (χ0v) is 26.8. The lowest BCUT2D eigenvalue weighted by Crippen LogP contribution is -2.47. The first-order chi connectivity index (χ1) is 22.0. The van der Waals surface area contributed by atoms with Gasteiger partial charge in [-0.25, -0.2) is 19.3 Å². The van der Waals surface area contributed by atoms with Crippen molar-refractivity contribution in [3.8, 4) is 11.3 Å². The molecule has 9 nitrogen and oxygen atoms in total. The molecule has 0 unspecified atom stereocenters. The third kappa shape index (κ3) is 8.65. The highest BCUT2D eigenvalue weighted by Crippen LogP contribution is 2.37. The predicted octanol–water partition coefficient (Wildman–Crippen LogP) is 5.63. The van der Waals surface area contributed by atoms with Crippen LogP contribution in [0.5, 0.6) is 0 Å². The van der Waals surface area contributed by atoms with Crippen molar-refractivity contribution in [1.29, 1.82) is 0 Å². The molecule has 0 saturated carbocycles. The highest BCUT2D eigenvalue weighted by Gasteiger charge is 2.32. The number of carbonyl (C=O) groups excluding carboxylic acids is 2. The lowest BCUT2D eigenvalue weighted by Gasteiger charge is -2.35. The minimum Gasteiger partial charge on any atom is -0.466 e. The van der Waals surface area contributed by atoms with Gasteiger partial charge in [0.05, 0.1) is 36.7 Å². The molecule has 0 N–H and O–H groups in total. The second kappa shape index (κ2) is 14.9. The first-order valence-electron chi connectivity index (χ1n) is 15.6. The number of halogens is 4. The van der Waals surface area contributed by atoms with Crippen LogP contribution in [0.25, 0.3) is 11.3 Å². The number of aromatic nitrogens is 3. The fourth-order valence-electron chi connectivity index (χ4n) is 5.85. The molecule has 5 rings (SSSR count). The number of piperazine rings is 1. The molecule has 2 aliphatic heterocycles. The minimum absolute atomic E-state index is 0.0346. The normalized spacial score (nSPS) is 17.9. The molecule has 14 heteroatoms. The number of rotatable bonds is 12. The van der Waals surface area contributed by atoms with Gasteiger partial charge in [-0.1, -0.05) is 0 Å². The topological polar surface area (TPSA) is 91.8 Å². The molecule has 248 valence electrons. The number of carbonyl (C=O) groups is 2. The molecule has 0 radical (unpaired) electrons. The second-order valence-electron chi connectivity index (χ2n) is 11.7. The van der Waals surface area contributed by atoms with Crippen molar-refractivity contribution >= 4 is 28.9 Å². The lowest BCUT2D eigenvalue weighted by molar-refractivity contribution is -0.143. The molecule has 2 saturated heterocycles. The van der Waals surface area contributed by atoms with Gasteiger partial charge >= 0.3 is 12.1 Å². The number of nitrogens with zero attached hydrogens (tertiary/aromatic N) is 6. The Balaban J connectivity index is 1.24. The van der Waals surface area contributed by atoms with Gasteiger partial charge in [-0.3, -0.25) is 19.4 Å². The quantitative estimate of drug-likeness (QED) is 0.139. The van der Waals surface area contributed by atoms with Crippen LogP contribution in [-0.2, 0) is 28.7 Å². The summed E-state index contributed by atoms with van der Waals surface area (Å²) in [4.78, 5) is 45.5.